The molecule has 0 saturated heterocycles. The standard InChI is InChI=1S/C10H15NO2.C2H6/c1-8-5-4-6-11(10(8)12)7-9(2)13-3;1-2/h4-6,9H,7H2,1-3H3;1-2H3. The van der Waals surface area contributed by atoms with Crippen molar-refractivity contribution in [1.82, 2.24) is 4.57 Å². The van der Waals surface area contributed by atoms with Gasteiger partial charge in [-0.3, -0.25) is 4.79 Å². The van der Waals surface area contributed by atoms with E-state index in [1.54, 1.807) is 17.9 Å². The normalized spacial score (nSPS) is 11.5. The lowest BCUT2D eigenvalue weighted by Crippen LogP contribution is -2.26. The fourth-order valence-corrected chi connectivity index (χ4v) is 1.15. The maximum Gasteiger partial charge on any atom is 0.253 e. The molecule has 3 nitrogen and oxygen atoms in total. The highest BCUT2D eigenvalue weighted by Crippen LogP contribution is 1.94. The van der Waals surface area contributed by atoms with Gasteiger partial charge in [-0.2, -0.15) is 0 Å². The summed E-state index contributed by atoms with van der Waals surface area (Å²) in [5.41, 5.74) is 0.831. The molecule has 1 aromatic heterocycles. The van der Waals surface area contributed by atoms with Crippen LogP contribution in [0.15, 0.2) is 23.1 Å². The Balaban J connectivity index is 0.000000921. The van der Waals surface area contributed by atoms with Gasteiger partial charge in [-0.15, -0.1) is 0 Å². The van der Waals surface area contributed by atoms with Crippen LogP contribution in [-0.2, 0) is 11.3 Å². The lowest BCUT2D eigenvalue weighted by atomic mass is 10.3. The Morgan fingerprint density at radius 3 is 2.60 bits per heavy atom. The van der Waals surface area contributed by atoms with E-state index < -0.39 is 0 Å². The number of nitrogens with zero attached hydrogens (tertiary/aromatic N) is 1. The molecule has 0 spiro atoms. The highest BCUT2D eigenvalue weighted by atomic mass is 16.5. The van der Waals surface area contributed by atoms with Gasteiger partial charge in [0.05, 0.1) is 12.6 Å². The molecule has 0 amide bonds. The minimum atomic E-state index is 0.0615. The zero-order chi connectivity index (χ0) is 11.8. The van der Waals surface area contributed by atoms with E-state index in [0.29, 0.717) is 6.54 Å². The number of hydrogen-bond acceptors (Lipinski definition) is 2. The third kappa shape index (κ3) is 4.30. The molecule has 0 aliphatic carbocycles. The molecule has 0 N–H and O–H groups in total. The monoisotopic (exact) mass is 211 g/mol. The summed E-state index contributed by atoms with van der Waals surface area (Å²) in [6.07, 6.45) is 1.85. The largest absolute Gasteiger partial charge is 0.380 e. The maximum absolute atomic E-state index is 11.5. The predicted octanol–water partition coefficient (Wildman–Crippen LogP) is 2.22. The van der Waals surface area contributed by atoms with Crippen LogP contribution >= 0.6 is 0 Å². The van der Waals surface area contributed by atoms with Gasteiger partial charge < -0.3 is 9.30 Å². The van der Waals surface area contributed by atoms with Crippen molar-refractivity contribution in [3.05, 3.63) is 34.2 Å². The summed E-state index contributed by atoms with van der Waals surface area (Å²) < 4.78 is 6.76. The second-order valence-electron chi connectivity index (χ2n) is 3.20. The first-order valence-electron chi connectivity index (χ1n) is 5.34. The summed E-state index contributed by atoms with van der Waals surface area (Å²) in [6, 6.07) is 3.69. The number of aromatic nitrogens is 1. The highest BCUT2D eigenvalue weighted by Gasteiger charge is 2.03. The van der Waals surface area contributed by atoms with Crippen molar-refractivity contribution in [2.24, 2.45) is 0 Å². The van der Waals surface area contributed by atoms with Crippen LogP contribution in [0.25, 0.3) is 0 Å². The van der Waals surface area contributed by atoms with Crippen LogP contribution in [0.4, 0.5) is 0 Å². The molecule has 0 fully saturated rings. The molecule has 1 aromatic rings. The van der Waals surface area contributed by atoms with E-state index in [9.17, 15) is 4.79 Å². The smallest absolute Gasteiger partial charge is 0.253 e. The molecule has 0 aliphatic rings. The first-order chi connectivity index (χ1) is 7.15. The lowest BCUT2D eigenvalue weighted by Gasteiger charge is -2.11. The zero-order valence-electron chi connectivity index (χ0n) is 10.3. The van der Waals surface area contributed by atoms with Crippen LogP contribution in [0.3, 0.4) is 0 Å². The Morgan fingerprint density at radius 2 is 2.07 bits per heavy atom. The topological polar surface area (TPSA) is 31.2 Å². The van der Waals surface area contributed by atoms with Gasteiger partial charge in [0.2, 0.25) is 0 Å². The van der Waals surface area contributed by atoms with Gasteiger partial charge in [-0.25, -0.2) is 0 Å². The molecule has 0 bridgehead atoms. The van der Waals surface area contributed by atoms with Gasteiger partial charge in [0.1, 0.15) is 0 Å². The van der Waals surface area contributed by atoms with Crippen LogP contribution < -0.4 is 5.56 Å². The Bertz CT molecular complexity index is 331. The molecule has 0 saturated carbocycles. The van der Waals surface area contributed by atoms with E-state index in [0.717, 1.165) is 5.56 Å². The summed E-state index contributed by atoms with van der Waals surface area (Å²) in [6.45, 7) is 8.36. The number of pyridine rings is 1. The second-order valence-corrected chi connectivity index (χ2v) is 3.20. The number of aryl methyl sites for hydroxylation is 1. The van der Waals surface area contributed by atoms with E-state index in [2.05, 4.69) is 0 Å². The van der Waals surface area contributed by atoms with Crippen molar-refractivity contribution in [2.45, 2.75) is 40.3 Å². The van der Waals surface area contributed by atoms with Crippen molar-refractivity contribution >= 4 is 0 Å². The van der Waals surface area contributed by atoms with Crippen molar-refractivity contribution in [3.8, 4) is 0 Å². The molecule has 0 aliphatic heterocycles. The van der Waals surface area contributed by atoms with E-state index in [1.165, 1.54) is 0 Å². The van der Waals surface area contributed by atoms with Crippen molar-refractivity contribution in [2.75, 3.05) is 7.11 Å². The molecule has 0 radical (unpaired) electrons. The van der Waals surface area contributed by atoms with E-state index >= 15 is 0 Å². The number of methoxy groups -OCH3 is 1. The average molecular weight is 211 g/mol. The van der Waals surface area contributed by atoms with Crippen molar-refractivity contribution in [3.63, 3.8) is 0 Å². The summed E-state index contributed by atoms with van der Waals surface area (Å²) in [5, 5.41) is 0. The molecule has 1 rings (SSSR count). The molecule has 0 aromatic carbocycles. The quantitative estimate of drug-likeness (QED) is 0.767. The zero-order valence-corrected chi connectivity index (χ0v) is 10.3. The summed E-state index contributed by atoms with van der Waals surface area (Å²) in [5.74, 6) is 0. The lowest BCUT2D eigenvalue weighted by molar-refractivity contribution is 0.102. The van der Waals surface area contributed by atoms with Crippen LogP contribution in [0.1, 0.15) is 26.3 Å². The fraction of sp³-hybridized carbons (Fsp3) is 0.583. The molecular weight excluding hydrogens is 190 g/mol. The predicted molar refractivity (Wildman–Crippen MR) is 63.3 cm³/mol. The Morgan fingerprint density at radius 1 is 1.47 bits per heavy atom. The fourth-order valence-electron chi connectivity index (χ4n) is 1.15. The second kappa shape index (κ2) is 7.23. The maximum atomic E-state index is 11.5. The Labute approximate surface area is 91.7 Å². The number of hydrogen-bond donors (Lipinski definition) is 0. The first-order valence-corrected chi connectivity index (χ1v) is 5.34. The number of rotatable bonds is 3. The Hall–Kier alpha value is -1.09. The van der Waals surface area contributed by atoms with Gasteiger partial charge in [0.15, 0.2) is 0 Å². The minimum Gasteiger partial charge on any atom is -0.380 e. The molecule has 3 heteroatoms. The van der Waals surface area contributed by atoms with Gasteiger partial charge in [-0.1, -0.05) is 19.9 Å². The average Bonchev–Trinajstić information content (AvgIpc) is 2.27. The van der Waals surface area contributed by atoms with Crippen LogP contribution in [0.2, 0.25) is 0 Å². The Kier molecular flexibility index (Phi) is 6.71. The van der Waals surface area contributed by atoms with E-state index in [1.807, 2.05) is 39.8 Å². The van der Waals surface area contributed by atoms with Crippen molar-refractivity contribution < 1.29 is 4.74 Å². The molecular formula is C12H21NO2. The van der Waals surface area contributed by atoms with E-state index in [-0.39, 0.29) is 11.7 Å². The van der Waals surface area contributed by atoms with E-state index in [4.69, 9.17) is 4.74 Å². The third-order valence-corrected chi connectivity index (χ3v) is 2.07. The molecule has 1 heterocycles. The van der Waals surface area contributed by atoms with Crippen LogP contribution in [0, 0.1) is 6.92 Å². The SMILES string of the molecule is CC.COC(C)Cn1cccc(C)c1=O. The first kappa shape index (κ1) is 13.9. The van der Waals surface area contributed by atoms with Crippen LogP contribution in [-0.4, -0.2) is 17.8 Å². The van der Waals surface area contributed by atoms with Crippen LogP contribution in [0.5, 0.6) is 0 Å². The number of ether oxygens (including phenoxy) is 1. The van der Waals surface area contributed by atoms with Gasteiger partial charge in [0, 0.05) is 18.9 Å². The minimum absolute atomic E-state index is 0.0615. The molecule has 1 atom stereocenters. The van der Waals surface area contributed by atoms with Gasteiger partial charge >= 0.3 is 0 Å². The summed E-state index contributed by atoms with van der Waals surface area (Å²) >= 11 is 0. The molecule has 15 heavy (non-hydrogen) atoms. The molecule has 86 valence electrons. The van der Waals surface area contributed by atoms with Gasteiger partial charge in [-0.05, 0) is 19.9 Å². The van der Waals surface area contributed by atoms with Crippen molar-refractivity contribution in [1.29, 1.82) is 0 Å². The van der Waals surface area contributed by atoms with Gasteiger partial charge in [0.25, 0.3) is 5.56 Å². The highest BCUT2D eigenvalue weighted by molar-refractivity contribution is 5.07. The summed E-state index contributed by atoms with van der Waals surface area (Å²) in [4.78, 5) is 11.5. The molecule has 1 unspecified atom stereocenters. The third-order valence-electron chi connectivity index (χ3n) is 2.07. The summed E-state index contributed by atoms with van der Waals surface area (Å²) in [7, 11) is 1.64.